The molecule has 0 radical (unpaired) electrons. The summed E-state index contributed by atoms with van der Waals surface area (Å²) in [6, 6.07) is 14.3. The standard InChI is InChI=1S/C20H20N2O3/c1-13-7-8-16(9-14(13)2)11-19(23)25-15(3)20(24)22-18-6-4-5-17(10-18)12-21/h4-10,15H,11H2,1-3H3,(H,22,24)/t15-/m0/s1. The van der Waals surface area contributed by atoms with Gasteiger partial charge in [0.1, 0.15) is 0 Å². The molecule has 0 aliphatic heterocycles. The number of amides is 1. The molecule has 0 saturated heterocycles. The van der Waals surface area contributed by atoms with E-state index in [2.05, 4.69) is 5.32 Å². The summed E-state index contributed by atoms with van der Waals surface area (Å²) in [4.78, 5) is 24.2. The molecule has 2 rings (SSSR count). The van der Waals surface area contributed by atoms with Crippen LogP contribution >= 0.6 is 0 Å². The summed E-state index contributed by atoms with van der Waals surface area (Å²) >= 11 is 0. The summed E-state index contributed by atoms with van der Waals surface area (Å²) in [7, 11) is 0. The molecule has 1 amide bonds. The van der Waals surface area contributed by atoms with Crippen LogP contribution in [0.15, 0.2) is 42.5 Å². The van der Waals surface area contributed by atoms with Crippen LogP contribution in [0.2, 0.25) is 0 Å². The predicted molar refractivity (Wildman–Crippen MR) is 95.0 cm³/mol. The van der Waals surface area contributed by atoms with E-state index in [4.69, 9.17) is 10.00 Å². The Morgan fingerprint density at radius 1 is 1.16 bits per heavy atom. The Morgan fingerprint density at radius 3 is 2.60 bits per heavy atom. The van der Waals surface area contributed by atoms with Crippen molar-refractivity contribution in [2.75, 3.05) is 5.32 Å². The van der Waals surface area contributed by atoms with Crippen molar-refractivity contribution in [1.82, 2.24) is 0 Å². The molecule has 0 unspecified atom stereocenters. The first-order valence-electron chi connectivity index (χ1n) is 7.95. The lowest BCUT2D eigenvalue weighted by Gasteiger charge is -2.14. The fourth-order valence-corrected chi connectivity index (χ4v) is 2.28. The van der Waals surface area contributed by atoms with Gasteiger partial charge in [-0.3, -0.25) is 9.59 Å². The fourth-order valence-electron chi connectivity index (χ4n) is 2.28. The second kappa shape index (κ2) is 8.11. The molecule has 0 saturated carbocycles. The van der Waals surface area contributed by atoms with E-state index in [1.165, 1.54) is 6.92 Å². The van der Waals surface area contributed by atoms with E-state index in [0.29, 0.717) is 11.3 Å². The van der Waals surface area contributed by atoms with Gasteiger partial charge in [0, 0.05) is 5.69 Å². The second-order valence-corrected chi connectivity index (χ2v) is 5.91. The lowest BCUT2D eigenvalue weighted by molar-refractivity contribution is -0.152. The first-order chi connectivity index (χ1) is 11.9. The Bertz CT molecular complexity index is 837. The first kappa shape index (κ1) is 18.2. The molecular weight excluding hydrogens is 316 g/mol. The molecule has 0 aliphatic carbocycles. The van der Waals surface area contributed by atoms with Gasteiger partial charge in [0.25, 0.3) is 5.91 Å². The van der Waals surface area contributed by atoms with Crippen LogP contribution in [0.1, 0.15) is 29.2 Å². The van der Waals surface area contributed by atoms with Crippen molar-refractivity contribution in [2.45, 2.75) is 33.3 Å². The van der Waals surface area contributed by atoms with E-state index in [1.54, 1.807) is 24.3 Å². The zero-order valence-corrected chi connectivity index (χ0v) is 14.5. The number of carbonyl (C=O) groups excluding carboxylic acids is 2. The van der Waals surface area contributed by atoms with Crippen molar-refractivity contribution in [2.24, 2.45) is 0 Å². The third-order valence-corrected chi connectivity index (χ3v) is 3.86. The smallest absolute Gasteiger partial charge is 0.311 e. The number of anilines is 1. The Balaban J connectivity index is 1.92. The van der Waals surface area contributed by atoms with Crippen molar-refractivity contribution in [3.8, 4) is 6.07 Å². The van der Waals surface area contributed by atoms with Crippen LogP contribution in [0, 0.1) is 25.2 Å². The summed E-state index contributed by atoms with van der Waals surface area (Å²) in [5, 5.41) is 11.5. The van der Waals surface area contributed by atoms with E-state index in [1.807, 2.05) is 38.1 Å². The number of nitriles is 1. The Hall–Kier alpha value is -3.13. The minimum atomic E-state index is -0.926. The maximum Gasteiger partial charge on any atom is 0.311 e. The average Bonchev–Trinajstić information content (AvgIpc) is 2.58. The number of benzene rings is 2. The normalized spacial score (nSPS) is 11.3. The van der Waals surface area contributed by atoms with E-state index in [9.17, 15) is 9.59 Å². The van der Waals surface area contributed by atoms with E-state index in [0.717, 1.165) is 16.7 Å². The maximum absolute atomic E-state index is 12.1. The highest BCUT2D eigenvalue weighted by molar-refractivity contribution is 5.95. The molecule has 0 aliphatic rings. The third-order valence-electron chi connectivity index (χ3n) is 3.86. The topological polar surface area (TPSA) is 79.2 Å². The van der Waals surface area contributed by atoms with E-state index >= 15 is 0 Å². The molecule has 0 spiro atoms. The highest BCUT2D eigenvalue weighted by Gasteiger charge is 2.18. The number of carbonyl (C=O) groups is 2. The molecule has 0 aromatic heterocycles. The first-order valence-corrected chi connectivity index (χ1v) is 7.95. The Labute approximate surface area is 147 Å². The molecule has 5 nitrogen and oxygen atoms in total. The van der Waals surface area contributed by atoms with Crippen molar-refractivity contribution in [3.05, 3.63) is 64.7 Å². The highest BCUT2D eigenvalue weighted by atomic mass is 16.5. The minimum absolute atomic E-state index is 0.114. The number of nitrogens with one attached hydrogen (secondary N) is 1. The zero-order valence-electron chi connectivity index (χ0n) is 14.5. The SMILES string of the molecule is Cc1ccc(CC(=O)O[C@@H](C)C(=O)Nc2cccc(C#N)c2)cc1C. The number of nitrogens with zero attached hydrogens (tertiary/aromatic N) is 1. The molecule has 2 aromatic rings. The fraction of sp³-hybridized carbons (Fsp3) is 0.250. The minimum Gasteiger partial charge on any atom is -0.452 e. The van der Waals surface area contributed by atoms with Gasteiger partial charge in [-0.25, -0.2) is 0 Å². The summed E-state index contributed by atoms with van der Waals surface area (Å²) < 4.78 is 5.20. The van der Waals surface area contributed by atoms with Gasteiger partial charge in [-0.1, -0.05) is 24.3 Å². The van der Waals surface area contributed by atoms with Gasteiger partial charge in [0.15, 0.2) is 6.10 Å². The molecule has 1 atom stereocenters. The van der Waals surface area contributed by atoms with Crippen LogP contribution < -0.4 is 5.32 Å². The lowest BCUT2D eigenvalue weighted by Crippen LogP contribution is -2.30. The molecule has 5 heteroatoms. The third kappa shape index (κ3) is 5.18. The molecule has 128 valence electrons. The summed E-state index contributed by atoms with van der Waals surface area (Å²) in [6.07, 6.45) is -0.812. The summed E-state index contributed by atoms with van der Waals surface area (Å²) in [5.41, 5.74) is 4.04. The number of esters is 1. The van der Waals surface area contributed by atoms with Crippen LogP contribution in [0.25, 0.3) is 0 Å². The monoisotopic (exact) mass is 336 g/mol. The molecule has 0 heterocycles. The Morgan fingerprint density at radius 2 is 1.92 bits per heavy atom. The van der Waals surface area contributed by atoms with E-state index < -0.39 is 18.0 Å². The quantitative estimate of drug-likeness (QED) is 0.850. The van der Waals surface area contributed by atoms with Gasteiger partial charge in [0.2, 0.25) is 0 Å². The Kier molecular flexibility index (Phi) is 5.91. The molecule has 0 fully saturated rings. The number of hydrogen-bond acceptors (Lipinski definition) is 4. The number of aryl methyl sites for hydroxylation is 2. The van der Waals surface area contributed by atoms with Gasteiger partial charge in [-0.05, 0) is 55.7 Å². The van der Waals surface area contributed by atoms with Gasteiger partial charge < -0.3 is 10.1 Å². The number of rotatable bonds is 5. The van der Waals surface area contributed by atoms with Gasteiger partial charge in [-0.15, -0.1) is 0 Å². The molecule has 0 bridgehead atoms. The zero-order chi connectivity index (χ0) is 18.4. The average molecular weight is 336 g/mol. The number of hydrogen-bond donors (Lipinski definition) is 1. The molecule has 2 aromatic carbocycles. The van der Waals surface area contributed by atoms with Crippen molar-refractivity contribution < 1.29 is 14.3 Å². The lowest BCUT2D eigenvalue weighted by atomic mass is 10.0. The number of ether oxygens (including phenoxy) is 1. The predicted octanol–water partition coefficient (Wildman–Crippen LogP) is 3.29. The van der Waals surface area contributed by atoms with Crippen molar-refractivity contribution in [1.29, 1.82) is 5.26 Å². The van der Waals surface area contributed by atoms with Gasteiger partial charge in [0.05, 0.1) is 18.1 Å². The van der Waals surface area contributed by atoms with Crippen LogP contribution in [0.4, 0.5) is 5.69 Å². The molecule has 1 N–H and O–H groups in total. The second-order valence-electron chi connectivity index (χ2n) is 5.91. The molecule has 25 heavy (non-hydrogen) atoms. The van der Waals surface area contributed by atoms with E-state index in [-0.39, 0.29) is 6.42 Å². The largest absolute Gasteiger partial charge is 0.452 e. The van der Waals surface area contributed by atoms with Crippen molar-refractivity contribution >= 4 is 17.6 Å². The maximum atomic E-state index is 12.1. The van der Waals surface area contributed by atoms with Crippen LogP contribution in [-0.2, 0) is 20.7 Å². The summed E-state index contributed by atoms with van der Waals surface area (Å²) in [5.74, 6) is -0.903. The van der Waals surface area contributed by atoms with Crippen LogP contribution in [0.3, 0.4) is 0 Å². The van der Waals surface area contributed by atoms with Crippen LogP contribution in [-0.4, -0.2) is 18.0 Å². The van der Waals surface area contributed by atoms with Gasteiger partial charge in [-0.2, -0.15) is 5.26 Å². The molecular formula is C20H20N2O3. The highest BCUT2D eigenvalue weighted by Crippen LogP contribution is 2.13. The summed E-state index contributed by atoms with van der Waals surface area (Å²) in [6.45, 7) is 5.50. The van der Waals surface area contributed by atoms with Crippen LogP contribution in [0.5, 0.6) is 0 Å². The van der Waals surface area contributed by atoms with Crippen molar-refractivity contribution in [3.63, 3.8) is 0 Å². The van der Waals surface area contributed by atoms with Gasteiger partial charge >= 0.3 is 5.97 Å².